The predicted molar refractivity (Wildman–Crippen MR) is 108 cm³/mol. The summed E-state index contributed by atoms with van der Waals surface area (Å²) >= 11 is 5.92. The summed E-state index contributed by atoms with van der Waals surface area (Å²) in [5, 5.41) is 5.42. The lowest BCUT2D eigenvalue weighted by Crippen LogP contribution is -2.36. The van der Waals surface area contributed by atoms with Crippen molar-refractivity contribution in [2.24, 2.45) is 0 Å². The quantitative estimate of drug-likeness (QED) is 0.636. The summed E-state index contributed by atoms with van der Waals surface area (Å²) in [6.07, 6.45) is -1.10. The average Bonchev–Trinajstić information content (AvgIpc) is 2.72. The van der Waals surface area contributed by atoms with Gasteiger partial charge in [0, 0.05) is 5.02 Å². The van der Waals surface area contributed by atoms with E-state index in [0.29, 0.717) is 22.2 Å². The highest BCUT2D eigenvalue weighted by Crippen LogP contribution is 2.27. The maximum Gasteiger partial charge on any atom is 0.326 e. The second kappa shape index (κ2) is 10.3. The Balaban J connectivity index is 1.89. The summed E-state index contributed by atoms with van der Waals surface area (Å²) in [6, 6.07) is 11.3. The number of para-hydroxylation sites is 1. The minimum absolute atomic E-state index is 0.279. The number of amides is 2. The third kappa shape index (κ3) is 6.11. The smallest absolute Gasteiger partial charge is 0.326 e. The molecule has 0 spiro atoms. The number of nitrogens with one attached hydrogen (secondary N) is 2. The molecule has 0 saturated heterocycles. The van der Waals surface area contributed by atoms with Crippen molar-refractivity contribution in [1.82, 2.24) is 5.32 Å². The molecule has 0 fully saturated rings. The first-order chi connectivity index (χ1) is 13.8. The Labute approximate surface area is 173 Å². The van der Waals surface area contributed by atoms with Gasteiger partial charge in [-0.15, -0.1) is 0 Å². The highest BCUT2D eigenvalue weighted by Gasteiger charge is 2.20. The molecule has 0 radical (unpaired) electrons. The number of benzene rings is 2. The molecule has 1 atom stereocenters. The number of hydrogen-bond donors (Lipinski definition) is 2. The molecule has 0 aliphatic rings. The zero-order chi connectivity index (χ0) is 21.4. The number of carbonyl (C=O) groups is 3. The highest BCUT2D eigenvalue weighted by molar-refractivity contribution is 6.31. The van der Waals surface area contributed by atoms with Crippen molar-refractivity contribution >= 4 is 35.1 Å². The second-order valence-electron chi connectivity index (χ2n) is 5.85. The summed E-state index contributed by atoms with van der Waals surface area (Å²) in [5.74, 6) is -1.06. The van der Waals surface area contributed by atoms with E-state index in [4.69, 9.17) is 25.8 Å². The van der Waals surface area contributed by atoms with Gasteiger partial charge < -0.3 is 24.8 Å². The van der Waals surface area contributed by atoms with Crippen LogP contribution in [0.4, 0.5) is 5.69 Å². The third-order valence-electron chi connectivity index (χ3n) is 3.84. The van der Waals surface area contributed by atoms with Crippen LogP contribution in [0.15, 0.2) is 42.5 Å². The van der Waals surface area contributed by atoms with E-state index < -0.39 is 30.4 Å². The number of hydrogen-bond acceptors (Lipinski definition) is 6. The van der Waals surface area contributed by atoms with Crippen molar-refractivity contribution in [1.29, 1.82) is 0 Å². The van der Waals surface area contributed by atoms with E-state index in [9.17, 15) is 14.4 Å². The van der Waals surface area contributed by atoms with Crippen LogP contribution in [0.25, 0.3) is 0 Å². The number of halogens is 1. The summed E-state index contributed by atoms with van der Waals surface area (Å²) in [7, 11) is 2.89. The van der Waals surface area contributed by atoms with Crippen LogP contribution in [0.3, 0.4) is 0 Å². The number of rotatable bonds is 8. The van der Waals surface area contributed by atoms with Gasteiger partial charge in [-0.25, -0.2) is 0 Å². The van der Waals surface area contributed by atoms with Gasteiger partial charge in [0.05, 0.1) is 25.5 Å². The van der Waals surface area contributed by atoms with E-state index in [1.165, 1.54) is 27.2 Å². The zero-order valence-electron chi connectivity index (χ0n) is 16.2. The van der Waals surface area contributed by atoms with Crippen molar-refractivity contribution in [3.05, 3.63) is 53.1 Å². The first-order valence-electron chi connectivity index (χ1n) is 8.60. The lowest BCUT2D eigenvalue weighted by Gasteiger charge is -2.15. The van der Waals surface area contributed by atoms with E-state index in [2.05, 4.69) is 10.6 Å². The normalized spacial score (nSPS) is 11.2. The molecule has 2 rings (SSSR count). The molecule has 0 heterocycles. The molecular formula is C20H21ClN2O6. The predicted octanol–water partition coefficient (Wildman–Crippen LogP) is 2.66. The van der Waals surface area contributed by atoms with Gasteiger partial charge in [-0.1, -0.05) is 23.7 Å². The van der Waals surface area contributed by atoms with E-state index in [0.717, 1.165) is 0 Å². The summed E-state index contributed by atoms with van der Waals surface area (Å²) in [4.78, 5) is 36.5. The van der Waals surface area contributed by atoms with Crippen LogP contribution in [0.1, 0.15) is 17.3 Å². The highest BCUT2D eigenvalue weighted by atomic mass is 35.5. The summed E-state index contributed by atoms with van der Waals surface area (Å²) in [6.45, 7) is 1.00. The molecule has 0 saturated carbocycles. The minimum atomic E-state index is -1.10. The molecule has 29 heavy (non-hydrogen) atoms. The second-order valence-corrected chi connectivity index (χ2v) is 6.29. The number of anilines is 1. The Morgan fingerprint density at radius 2 is 1.72 bits per heavy atom. The van der Waals surface area contributed by atoms with Gasteiger partial charge in [-0.2, -0.15) is 0 Å². The molecule has 8 nitrogen and oxygen atoms in total. The summed E-state index contributed by atoms with van der Waals surface area (Å²) < 4.78 is 15.3. The van der Waals surface area contributed by atoms with Crippen LogP contribution in [-0.2, 0) is 14.3 Å². The molecule has 2 aromatic rings. The van der Waals surface area contributed by atoms with Crippen LogP contribution < -0.4 is 20.1 Å². The topological polar surface area (TPSA) is 103 Å². The molecule has 154 valence electrons. The fourth-order valence-electron chi connectivity index (χ4n) is 2.38. The molecule has 0 aromatic heterocycles. The van der Waals surface area contributed by atoms with Gasteiger partial charge >= 0.3 is 5.97 Å². The van der Waals surface area contributed by atoms with Gasteiger partial charge in [0.2, 0.25) is 0 Å². The van der Waals surface area contributed by atoms with Crippen molar-refractivity contribution in [2.75, 3.05) is 26.1 Å². The van der Waals surface area contributed by atoms with Crippen LogP contribution in [0.5, 0.6) is 11.5 Å². The molecule has 2 N–H and O–H groups in total. The van der Waals surface area contributed by atoms with Gasteiger partial charge in [0.25, 0.3) is 11.8 Å². The number of carbonyl (C=O) groups excluding carboxylic acids is 3. The fraction of sp³-hybridized carbons (Fsp3) is 0.250. The van der Waals surface area contributed by atoms with Crippen LogP contribution >= 0.6 is 11.6 Å². The van der Waals surface area contributed by atoms with Crippen LogP contribution in [-0.4, -0.2) is 44.7 Å². The first-order valence-corrected chi connectivity index (χ1v) is 8.98. The average molecular weight is 421 g/mol. The molecule has 2 aromatic carbocycles. The van der Waals surface area contributed by atoms with Crippen molar-refractivity contribution in [3.8, 4) is 11.5 Å². The lowest BCUT2D eigenvalue weighted by atomic mass is 10.2. The molecular weight excluding hydrogens is 400 g/mol. The Morgan fingerprint density at radius 1 is 1.03 bits per heavy atom. The Bertz CT molecular complexity index is 902. The number of ether oxygens (including phenoxy) is 3. The Kier molecular flexibility index (Phi) is 7.85. The van der Waals surface area contributed by atoms with Gasteiger partial charge in [0.1, 0.15) is 18.0 Å². The lowest BCUT2D eigenvalue weighted by molar-refractivity contribution is -0.152. The van der Waals surface area contributed by atoms with E-state index in [1.807, 2.05) is 0 Å². The molecule has 0 aliphatic carbocycles. The van der Waals surface area contributed by atoms with Crippen molar-refractivity contribution in [2.45, 2.75) is 13.0 Å². The van der Waals surface area contributed by atoms with Crippen LogP contribution in [0, 0.1) is 0 Å². The van der Waals surface area contributed by atoms with Gasteiger partial charge in [-0.05, 0) is 37.3 Å². The molecule has 2 amide bonds. The number of methoxy groups -OCH3 is 2. The fourth-order valence-corrected chi connectivity index (χ4v) is 2.56. The molecule has 0 unspecified atom stereocenters. The van der Waals surface area contributed by atoms with Crippen molar-refractivity contribution in [3.63, 3.8) is 0 Å². The third-order valence-corrected chi connectivity index (χ3v) is 4.08. The van der Waals surface area contributed by atoms with E-state index >= 15 is 0 Å². The molecule has 0 aliphatic heterocycles. The largest absolute Gasteiger partial charge is 0.496 e. The standard InChI is InChI=1S/C20H21ClN2O6/c1-12(19(25)23-15-10-13(21)8-9-17(15)28-3)29-18(24)11-22-20(26)14-6-4-5-7-16(14)27-2/h4-10,12H,11H2,1-3H3,(H,22,26)(H,23,25)/t12-/m1/s1. The Morgan fingerprint density at radius 3 is 2.41 bits per heavy atom. The zero-order valence-corrected chi connectivity index (χ0v) is 16.9. The maximum atomic E-state index is 12.3. The van der Waals surface area contributed by atoms with E-state index in [-0.39, 0.29) is 5.56 Å². The minimum Gasteiger partial charge on any atom is -0.496 e. The summed E-state index contributed by atoms with van der Waals surface area (Å²) in [5.41, 5.74) is 0.624. The van der Waals surface area contributed by atoms with Gasteiger partial charge in [0.15, 0.2) is 6.10 Å². The van der Waals surface area contributed by atoms with Crippen LogP contribution in [0.2, 0.25) is 5.02 Å². The van der Waals surface area contributed by atoms with E-state index in [1.54, 1.807) is 36.4 Å². The number of esters is 1. The molecule has 9 heteroatoms. The molecule has 0 bridgehead atoms. The Hall–Kier alpha value is -3.26. The maximum absolute atomic E-state index is 12.3. The monoisotopic (exact) mass is 420 g/mol. The first kappa shape index (κ1) is 22.0. The van der Waals surface area contributed by atoms with Gasteiger partial charge in [-0.3, -0.25) is 14.4 Å². The SMILES string of the molecule is COc1ccc(Cl)cc1NC(=O)[C@@H](C)OC(=O)CNC(=O)c1ccccc1OC. The van der Waals surface area contributed by atoms with Crippen molar-refractivity contribution < 1.29 is 28.6 Å².